The van der Waals surface area contributed by atoms with E-state index in [2.05, 4.69) is 45.5 Å². The molecule has 0 saturated carbocycles. The second kappa shape index (κ2) is 10.1. The smallest absolute Gasteiger partial charge is 0.253 e. The highest BCUT2D eigenvalue weighted by Crippen LogP contribution is 2.29. The molecule has 0 spiro atoms. The first-order valence-corrected chi connectivity index (χ1v) is 11.2. The van der Waals surface area contributed by atoms with Gasteiger partial charge in [-0.2, -0.15) is 0 Å². The van der Waals surface area contributed by atoms with Crippen LogP contribution in [0.4, 0.5) is 0 Å². The number of likely N-dealkylation sites (N-methyl/N-ethyl adjacent to an activating group) is 1. The first kappa shape index (κ1) is 23.0. The SMILES string of the molecule is CNC(=O)[C@@]1(Cc2ccc(-c3ccncc3)cc2)CN(Cc2cccc(C)c2OC)CCO1. The topological polar surface area (TPSA) is 63.7 Å². The number of hydrogen-bond donors (Lipinski definition) is 1. The van der Waals surface area contributed by atoms with Crippen LogP contribution >= 0.6 is 0 Å². The molecule has 1 N–H and O–H groups in total. The third kappa shape index (κ3) is 5.07. The molecule has 0 radical (unpaired) electrons. The largest absolute Gasteiger partial charge is 0.496 e. The van der Waals surface area contributed by atoms with Crippen molar-refractivity contribution in [3.8, 4) is 16.9 Å². The van der Waals surface area contributed by atoms with Crippen molar-refractivity contribution in [2.24, 2.45) is 0 Å². The molecule has 4 rings (SSSR count). The maximum atomic E-state index is 13.1. The molecule has 1 amide bonds. The average Bonchev–Trinajstić information content (AvgIpc) is 2.85. The van der Waals surface area contributed by atoms with E-state index in [0.717, 1.165) is 40.1 Å². The van der Waals surface area contributed by atoms with Gasteiger partial charge < -0.3 is 14.8 Å². The summed E-state index contributed by atoms with van der Waals surface area (Å²) in [5.74, 6) is 0.808. The van der Waals surface area contributed by atoms with Gasteiger partial charge in [0.05, 0.1) is 13.7 Å². The van der Waals surface area contributed by atoms with Crippen molar-refractivity contribution in [2.45, 2.75) is 25.5 Å². The van der Waals surface area contributed by atoms with Gasteiger partial charge in [-0.1, -0.05) is 42.5 Å². The molecule has 0 aliphatic carbocycles. The minimum absolute atomic E-state index is 0.0957. The van der Waals surface area contributed by atoms with Crippen LogP contribution in [0.2, 0.25) is 0 Å². The van der Waals surface area contributed by atoms with Gasteiger partial charge in [0.1, 0.15) is 5.75 Å². The molecule has 1 fully saturated rings. The molecular weight excluding hydrogens is 414 g/mol. The van der Waals surface area contributed by atoms with Gasteiger partial charge in [-0.25, -0.2) is 0 Å². The van der Waals surface area contributed by atoms with E-state index < -0.39 is 5.60 Å². The van der Waals surface area contributed by atoms with E-state index in [1.807, 2.05) is 31.2 Å². The summed E-state index contributed by atoms with van der Waals surface area (Å²) in [6.07, 6.45) is 4.08. The number of aryl methyl sites for hydroxylation is 1. The Kier molecular flexibility index (Phi) is 7.06. The fraction of sp³-hybridized carbons (Fsp3) is 0.333. The summed E-state index contributed by atoms with van der Waals surface area (Å²) in [6.45, 7) is 4.52. The molecule has 0 unspecified atom stereocenters. The van der Waals surface area contributed by atoms with E-state index in [4.69, 9.17) is 9.47 Å². The standard InChI is InChI=1S/C27H31N3O3/c1-20-5-4-6-24(25(20)32-3)18-30-15-16-33-27(19-30,26(31)28-2)17-21-7-9-22(10-8-21)23-11-13-29-14-12-23/h4-14H,15-19H2,1-3H3,(H,28,31)/t27-/m1/s1. The molecule has 172 valence electrons. The van der Waals surface area contributed by atoms with Gasteiger partial charge in [0.15, 0.2) is 5.60 Å². The van der Waals surface area contributed by atoms with E-state index in [1.54, 1.807) is 26.6 Å². The number of rotatable bonds is 7. The van der Waals surface area contributed by atoms with Crippen molar-refractivity contribution in [3.05, 3.63) is 83.7 Å². The molecule has 1 atom stereocenters. The van der Waals surface area contributed by atoms with Gasteiger partial charge >= 0.3 is 0 Å². The van der Waals surface area contributed by atoms with Crippen LogP contribution in [0.1, 0.15) is 16.7 Å². The van der Waals surface area contributed by atoms with Crippen molar-refractivity contribution in [1.29, 1.82) is 0 Å². The number of benzene rings is 2. The summed E-state index contributed by atoms with van der Waals surface area (Å²) >= 11 is 0. The molecule has 33 heavy (non-hydrogen) atoms. The van der Waals surface area contributed by atoms with Crippen LogP contribution in [0, 0.1) is 6.92 Å². The van der Waals surface area contributed by atoms with E-state index in [9.17, 15) is 4.79 Å². The Morgan fingerprint density at radius 3 is 2.55 bits per heavy atom. The van der Waals surface area contributed by atoms with Crippen molar-refractivity contribution in [3.63, 3.8) is 0 Å². The van der Waals surface area contributed by atoms with Crippen molar-refractivity contribution in [1.82, 2.24) is 15.2 Å². The Bertz CT molecular complexity index is 1090. The average molecular weight is 446 g/mol. The van der Waals surface area contributed by atoms with Crippen LogP contribution in [0.3, 0.4) is 0 Å². The Morgan fingerprint density at radius 1 is 1.12 bits per heavy atom. The Morgan fingerprint density at radius 2 is 1.85 bits per heavy atom. The number of amides is 1. The van der Waals surface area contributed by atoms with Gasteiger partial charge in [0.2, 0.25) is 0 Å². The summed E-state index contributed by atoms with van der Waals surface area (Å²) in [5.41, 5.74) is 4.58. The number of aromatic nitrogens is 1. The van der Waals surface area contributed by atoms with Crippen molar-refractivity contribution in [2.75, 3.05) is 33.9 Å². The van der Waals surface area contributed by atoms with Gasteiger partial charge in [-0.15, -0.1) is 0 Å². The lowest BCUT2D eigenvalue weighted by Crippen LogP contribution is -2.60. The summed E-state index contributed by atoms with van der Waals surface area (Å²) in [4.78, 5) is 19.4. The van der Waals surface area contributed by atoms with Gasteiger partial charge in [0.25, 0.3) is 5.91 Å². The fourth-order valence-corrected chi connectivity index (χ4v) is 4.60. The molecule has 1 aliphatic rings. The van der Waals surface area contributed by atoms with Gasteiger partial charge in [0, 0.05) is 51.1 Å². The molecule has 6 heteroatoms. The summed E-state index contributed by atoms with van der Waals surface area (Å²) < 4.78 is 11.8. The number of morpholine rings is 1. The van der Waals surface area contributed by atoms with Crippen molar-refractivity contribution >= 4 is 5.91 Å². The highest BCUT2D eigenvalue weighted by Gasteiger charge is 2.43. The zero-order chi connectivity index (χ0) is 23.3. The number of nitrogens with zero attached hydrogens (tertiary/aromatic N) is 2. The molecule has 2 heterocycles. The molecule has 3 aromatic rings. The minimum Gasteiger partial charge on any atom is -0.496 e. The molecule has 6 nitrogen and oxygen atoms in total. The van der Waals surface area contributed by atoms with E-state index >= 15 is 0 Å². The molecule has 0 bridgehead atoms. The second-order valence-corrected chi connectivity index (χ2v) is 8.51. The lowest BCUT2D eigenvalue weighted by atomic mass is 9.90. The van der Waals surface area contributed by atoms with E-state index in [1.165, 1.54) is 0 Å². The number of ether oxygens (including phenoxy) is 2. The quantitative estimate of drug-likeness (QED) is 0.602. The van der Waals surface area contributed by atoms with Crippen molar-refractivity contribution < 1.29 is 14.3 Å². The highest BCUT2D eigenvalue weighted by atomic mass is 16.5. The maximum Gasteiger partial charge on any atom is 0.253 e. The van der Waals surface area contributed by atoms with Crippen LogP contribution in [0.15, 0.2) is 67.0 Å². The maximum absolute atomic E-state index is 13.1. The molecule has 2 aromatic carbocycles. The predicted molar refractivity (Wildman–Crippen MR) is 129 cm³/mol. The second-order valence-electron chi connectivity index (χ2n) is 8.51. The first-order chi connectivity index (χ1) is 16.0. The zero-order valence-corrected chi connectivity index (χ0v) is 19.5. The Labute approximate surface area is 195 Å². The molecular formula is C27H31N3O3. The third-order valence-corrected chi connectivity index (χ3v) is 6.25. The minimum atomic E-state index is -0.942. The summed E-state index contributed by atoms with van der Waals surface area (Å²) in [6, 6.07) is 18.5. The zero-order valence-electron chi connectivity index (χ0n) is 19.5. The molecule has 1 aromatic heterocycles. The van der Waals surface area contributed by atoms with Gasteiger partial charge in [-0.05, 0) is 41.3 Å². The predicted octanol–water partition coefficient (Wildman–Crippen LogP) is 3.63. The van der Waals surface area contributed by atoms with E-state index in [0.29, 0.717) is 26.1 Å². The van der Waals surface area contributed by atoms with E-state index in [-0.39, 0.29) is 5.91 Å². The molecule has 1 saturated heterocycles. The van der Waals surface area contributed by atoms with Crippen LogP contribution in [0.5, 0.6) is 5.75 Å². The number of para-hydroxylation sites is 1. The number of methoxy groups -OCH3 is 1. The van der Waals surface area contributed by atoms with Crippen LogP contribution in [0.25, 0.3) is 11.1 Å². The Balaban J connectivity index is 1.55. The highest BCUT2D eigenvalue weighted by molar-refractivity contribution is 5.86. The summed E-state index contributed by atoms with van der Waals surface area (Å²) in [7, 11) is 3.37. The summed E-state index contributed by atoms with van der Waals surface area (Å²) in [5, 5.41) is 2.83. The number of hydrogen-bond acceptors (Lipinski definition) is 5. The Hall–Kier alpha value is -3.22. The monoisotopic (exact) mass is 445 g/mol. The lowest BCUT2D eigenvalue weighted by molar-refractivity contribution is -0.160. The van der Waals surface area contributed by atoms with Crippen LogP contribution in [-0.2, 0) is 22.5 Å². The number of nitrogens with one attached hydrogen (secondary N) is 1. The third-order valence-electron chi connectivity index (χ3n) is 6.25. The first-order valence-electron chi connectivity index (χ1n) is 11.2. The fourth-order valence-electron chi connectivity index (χ4n) is 4.60. The van der Waals surface area contributed by atoms with Gasteiger partial charge in [-0.3, -0.25) is 14.7 Å². The normalized spacial score (nSPS) is 18.6. The molecule has 1 aliphatic heterocycles. The number of pyridine rings is 1. The van der Waals surface area contributed by atoms with Crippen LogP contribution < -0.4 is 10.1 Å². The lowest BCUT2D eigenvalue weighted by Gasteiger charge is -2.41. The number of carbonyl (C=O) groups excluding carboxylic acids is 1. The number of carbonyl (C=O) groups is 1. The van der Waals surface area contributed by atoms with Crippen LogP contribution in [-0.4, -0.2) is 55.2 Å².